The van der Waals surface area contributed by atoms with Crippen molar-refractivity contribution in [3.05, 3.63) is 23.5 Å². The van der Waals surface area contributed by atoms with Crippen molar-refractivity contribution in [2.24, 2.45) is 0 Å². The van der Waals surface area contributed by atoms with Gasteiger partial charge in [0.15, 0.2) is 0 Å². The van der Waals surface area contributed by atoms with Gasteiger partial charge >= 0.3 is 5.97 Å². The Morgan fingerprint density at radius 1 is 1.58 bits per heavy atom. The number of rotatable bonds is 0. The summed E-state index contributed by atoms with van der Waals surface area (Å²) in [6.45, 7) is 0. The van der Waals surface area contributed by atoms with E-state index in [9.17, 15) is 9.90 Å². The van der Waals surface area contributed by atoms with Gasteiger partial charge in [-0.15, -0.1) is 0 Å². The predicted octanol–water partition coefficient (Wildman–Crippen LogP) is 0.898. The number of allylic oxidation sites excluding steroid dienone is 2. The molecule has 0 aromatic heterocycles. The van der Waals surface area contributed by atoms with E-state index in [1.807, 2.05) is 6.08 Å². The Morgan fingerprint density at radius 3 is 3.25 bits per heavy atom. The van der Waals surface area contributed by atoms with Crippen LogP contribution in [-0.4, -0.2) is 17.2 Å². The first-order chi connectivity index (χ1) is 5.77. The Hall–Kier alpha value is -1.09. The van der Waals surface area contributed by atoms with Crippen molar-refractivity contribution in [1.29, 1.82) is 0 Å². The minimum atomic E-state index is -0.619. The topological polar surface area (TPSA) is 46.5 Å². The summed E-state index contributed by atoms with van der Waals surface area (Å²) in [6, 6.07) is 0. The summed E-state index contributed by atoms with van der Waals surface area (Å²) in [4.78, 5) is 10.9. The number of hydrogen-bond donors (Lipinski definition) is 1. The molecule has 2 aliphatic rings. The fourth-order valence-electron chi connectivity index (χ4n) is 1.54. The maximum absolute atomic E-state index is 10.9. The molecule has 3 nitrogen and oxygen atoms in total. The monoisotopic (exact) mass is 166 g/mol. The molecule has 0 saturated heterocycles. The average molecular weight is 166 g/mol. The molecule has 12 heavy (non-hydrogen) atoms. The van der Waals surface area contributed by atoms with E-state index >= 15 is 0 Å². The molecule has 0 bridgehead atoms. The first-order valence-corrected chi connectivity index (χ1v) is 4.05. The van der Waals surface area contributed by atoms with Gasteiger partial charge in [-0.3, -0.25) is 4.79 Å². The number of aliphatic hydroxyl groups is 1. The van der Waals surface area contributed by atoms with Gasteiger partial charge in [0.25, 0.3) is 0 Å². The molecule has 0 aromatic carbocycles. The zero-order chi connectivity index (χ0) is 8.55. The van der Waals surface area contributed by atoms with Crippen LogP contribution in [0.5, 0.6) is 0 Å². The van der Waals surface area contributed by atoms with E-state index in [1.54, 1.807) is 6.08 Å². The fourth-order valence-corrected chi connectivity index (χ4v) is 1.54. The third kappa shape index (κ3) is 1.16. The Labute approximate surface area is 70.3 Å². The van der Waals surface area contributed by atoms with E-state index in [0.717, 1.165) is 18.4 Å². The summed E-state index contributed by atoms with van der Waals surface area (Å²) in [5.41, 5.74) is 0.872. The fraction of sp³-hybridized carbons (Fsp3) is 0.444. The number of aliphatic hydroxyl groups excluding tert-OH is 1. The van der Waals surface area contributed by atoms with Crippen LogP contribution in [0.1, 0.15) is 19.3 Å². The Morgan fingerprint density at radius 2 is 2.42 bits per heavy atom. The van der Waals surface area contributed by atoms with Crippen molar-refractivity contribution in [1.82, 2.24) is 0 Å². The smallest absolute Gasteiger partial charge is 0.314 e. The van der Waals surface area contributed by atoms with Crippen molar-refractivity contribution >= 4 is 5.97 Å². The van der Waals surface area contributed by atoms with Gasteiger partial charge in [-0.1, -0.05) is 6.08 Å². The molecule has 1 N–H and O–H groups in total. The Balaban J connectivity index is 2.33. The van der Waals surface area contributed by atoms with Crippen molar-refractivity contribution < 1.29 is 14.6 Å². The van der Waals surface area contributed by atoms with Crippen molar-refractivity contribution in [3.63, 3.8) is 0 Å². The number of hydrogen-bond acceptors (Lipinski definition) is 3. The van der Waals surface area contributed by atoms with Crippen LogP contribution >= 0.6 is 0 Å². The summed E-state index contributed by atoms with van der Waals surface area (Å²) in [6.07, 6.45) is 4.93. The minimum absolute atomic E-state index is 0.104. The number of carbonyl (C=O) groups excluding carboxylic acids is 1. The summed E-state index contributed by atoms with van der Waals surface area (Å²) in [5.74, 6) is 0.220. The quantitative estimate of drug-likeness (QED) is 0.544. The van der Waals surface area contributed by atoms with E-state index in [2.05, 4.69) is 0 Å². The summed E-state index contributed by atoms with van der Waals surface area (Å²) >= 11 is 0. The second-order valence-corrected chi connectivity index (χ2v) is 3.02. The zero-order valence-corrected chi connectivity index (χ0v) is 6.62. The number of carbonyl (C=O) groups is 1. The summed E-state index contributed by atoms with van der Waals surface area (Å²) < 4.78 is 4.95. The molecule has 0 aromatic rings. The molecule has 0 spiro atoms. The molecule has 1 aliphatic heterocycles. The van der Waals surface area contributed by atoms with Gasteiger partial charge in [0, 0.05) is 5.57 Å². The van der Waals surface area contributed by atoms with Crippen molar-refractivity contribution in [2.75, 3.05) is 0 Å². The SMILES string of the molecule is O=C1CC(O)C2=C(C=CCC2)O1. The lowest BCUT2D eigenvalue weighted by atomic mass is 9.95. The largest absolute Gasteiger partial charge is 0.426 e. The molecule has 0 amide bonds. The van der Waals surface area contributed by atoms with Crippen molar-refractivity contribution in [3.8, 4) is 0 Å². The molecular formula is C9H10O3. The summed E-state index contributed by atoms with van der Waals surface area (Å²) in [5, 5.41) is 9.48. The first kappa shape index (κ1) is 7.55. The molecule has 0 radical (unpaired) electrons. The second-order valence-electron chi connectivity index (χ2n) is 3.02. The van der Waals surface area contributed by atoms with Gasteiger partial charge in [-0.25, -0.2) is 0 Å². The Bertz CT molecular complexity index is 275. The highest BCUT2D eigenvalue weighted by atomic mass is 16.5. The van der Waals surface area contributed by atoms with Gasteiger partial charge in [0.1, 0.15) is 5.76 Å². The summed E-state index contributed by atoms with van der Waals surface area (Å²) in [7, 11) is 0. The molecule has 1 atom stereocenters. The molecule has 3 heteroatoms. The molecule has 0 fully saturated rings. The third-order valence-corrected chi connectivity index (χ3v) is 2.15. The Kier molecular flexibility index (Phi) is 1.73. The standard InChI is InChI=1S/C9H10O3/c10-7-5-9(11)12-8-4-2-1-3-6(7)8/h2,4,7,10H,1,3,5H2. The third-order valence-electron chi connectivity index (χ3n) is 2.15. The van der Waals surface area contributed by atoms with Gasteiger partial charge in [0.05, 0.1) is 12.5 Å². The number of esters is 1. The molecule has 1 aliphatic carbocycles. The van der Waals surface area contributed by atoms with Crippen LogP contribution in [0.25, 0.3) is 0 Å². The lowest BCUT2D eigenvalue weighted by Gasteiger charge is -2.24. The molecule has 1 heterocycles. The maximum atomic E-state index is 10.9. The van der Waals surface area contributed by atoms with Gasteiger partial charge in [-0.05, 0) is 18.9 Å². The van der Waals surface area contributed by atoms with Crippen LogP contribution in [0.2, 0.25) is 0 Å². The highest BCUT2D eigenvalue weighted by molar-refractivity contribution is 5.74. The molecular weight excluding hydrogens is 156 g/mol. The van der Waals surface area contributed by atoms with E-state index < -0.39 is 6.10 Å². The van der Waals surface area contributed by atoms with Crippen LogP contribution in [0.3, 0.4) is 0 Å². The molecule has 2 rings (SSSR count). The van der Waals surface area contributed by atoms with Crippen LogP contribution in [-0.2, 0) is 9.53 Å². The highest BCUT2D eigenvalue weighted by Gasteiger charge is 2.27. The van der Waals surface area contributed by atoms with E-state index in [0.29, 0.717) is 5.76 Å². The minimum Gasteiger partial charge on any atom is -0.426 e. The first-order valence-electron chi connectivity index (χ1n) is 4.05. The second kappa shape index (κ2) is 2.75. The van der Waals surface area contributed by atoms with Crippen molar-refractivity contribution in [2.45, 2.75) is 25.4 Å². The lowest BCUT2D eigenvalue weighted by molar-refractivity contribution is -0.142. The highest BCUT2D eigenvalue weighted by Crippen LogP contribution is 2.28. The predicted molar refractivity (Wildman–Crippen MR) is 42.1 cm³/mol. The van der Waals surface area contributed by atoms with Crippen LogP contribution in [0.15, 0.2) is 23.5 Å². The van der Waals surface area contributed by atoms with Crippen LogP contribution in [0, 0.1) is 0 Å². The van der Waals surface area contributed by atoms with Gasteiger partial charge in [-0.2, -0.15) is 0 Å². The molecule has 0 saturated carbocycles. The van der Waals surface area contributed by atoms with Crippen LogP contribution in [0.4, 0.5) is 0 Å². The van der Waals surface area contributed by atoms with Gasteiger partial charge in [0.2, 0.25) is 0 Å². The zero-order valence-electron chi connectivity index (χ0n) is 6.62. The normalized spacial score (nSPS) is 28.4. The molecule has 64 valence electrons. The maximum Gasteiger partial charge on any atom is 0.314 e. The van der Waals surface area contributed by atoms with E-state index in [1.165, 1.54) is 0 Å². The number of ether oxygens (including phenoxy) is 1. The lowest BCUT2D eigenvalue weighted by Crippen LogP contribution is -2.26. The molecule has 1 unspecified atom stereocenters. The average Bonchev–Trinajstić information content (AvgIpc) is 2.04. The van der Waals surface area contributed by atoms with Gasteiger partial charge < -0.3 is 9.84 Å². The van der Waals surface area contributed by atoms with Crippen LogP contribution < -0.4 is 0 Å². The van der Waals surface area contributed by atoms with E-state index in [4.69, 9.17) is 4.74 Å². The van der Waals surface area contributed by atoms with E-state index in [-0.39, 0.29) is 12.4 Å².